The van der Waals surface area contributed by atoms with Gasteiger partial charge in [0.1, 0.15) is 12.1 Å². The molecule has 2 aliphatic rings. The van der Waals surface area contributed by atoms with E-state index in [1.807, 2.05) is 0 Å². The first kappa shape index (κ1) is 4.80. The molecule has 2 saturated heterocycles. The van der Waals surface area contributed by atoms with Crippen molar-refractivity contribution in [2.45, 2.75) is 25.9 Å². The van der Waals surface area contributed by atoms with Gasteiger partial charge >= 0.3 is 0 Å². The van der Waals surface area contributed by atoms with Gasteiger partial charge in [0.2, 0.25) is 0 Å². The van der Waals surface area contributed by atoms with E-state index in [1.54, 1.807) is 0 Å². The van der Waals surface area contributed by atoms with Crippen LogP contribution in [0.4, 0.5) is 0 Å². The van der Waals surface area contributed by atoms with Crippen LogP contribution in [0, 0.1) is 5.92 Å². The smallest absolute Gasteiger partial charge is 0.149 e. The molecule has 0 N–H and O–H groups in total. The number of fused-ring (bicyclic) bond motifs is 1. The lowest BCUT2D eigenvalue weighted by Crippen LogP contribution is -2.43. The topological polar surface area (TPSA) is 0 Å². The predicted octanol–water partition coefficient (Wildman–Crippen LogP) is 0.853. The van der Waals surface area contributed by atoms with Crippen molar-refractivity contribution >= 4 is 0 Å². The molecule has 0 amide bonds. The highest BCUT2D eigenvalue weighted by Gasteiger charge is 2.71. The lowest BCUT2D eigenvalue weighted by Gasteiger charge is -2.28. The quantitative estimate of drug-likeness (QED) is 0.322. The summed E-state index contributed by atoms with van der Waals surface area (Å²) in [5, 5.41) is 0. The van der Waals surface area contributed by atoms with E-state index >= 15 is 0 Å². The van der Waals surface area contributed by atoms with E-state index in [9.17, 15) is 0 Å². The molecular formula is C7H14N+. The normalized spacial score (nSPS) is 68.6. The van der Waals surface area contributed by atoms with E-state index in [-0.39, 0.29) is 0 Å². The molecule has 0 aliphatic carbocycles. The molecule has 2 rings (SSSR count). The van der Waals surface area contributed by atoms with Crippen LogP contribution in [-0.2, 0) is 0 Å². The van der Waals surface area contributed by atoms with Crippen molar-refractivity contribution in [3.8, 4) is 0 Å². The third-order valence-electron chi connectivity index (χ3n) is 3.28. The average molecular weight is 112 g/mol. The molecule has 2 aliphatic heterocycles. The largest absolute Gasteiger partial charge is 0.311 e. The summed E-state index contributed by atoms with van der Waals surface area (Å²) in [5.74, 6) is 1.02. The molecule has 0 aromatic heterocycles. The van der Waals surface area contributed by atoms with Crippen molar-refractivity contribution in [3.63, 3.8) is 0 Å². The molecule has 2 heterocycles. The zero-order valence-corrected chi connectivity index (χ0v) is 5.89. The van der Waals surface area contributed by atoms with Crippen LogP contribution in [0.3, 0.4) is 0 Å². The van der Waals surface area contributed by atoms with Crippen LogP contribution < -0.4 is 0 Å². The minimum Gasteiger partial charge on any atom is -0.311 e. The maximum atomic E-state index is 2.37. The van der Waals surface area contributed by atoms with Crippen LogP contribution in [0.15, 0.2) is 0 Å². The molecule has 4 unspecified atom stereocenters. The number of hydrogen-bond acceptors (Lipinski definition) is 0. The van der Waals surface area contributed by atoms with Crippen LogP contribution >= 0.6 is 0 Å². The van der Waals surface area contributed by atoms with E-state index in [1.165, 1.54) is 11.0 Å². The van der Waals surface area contributed by atoms with E-state index in [0.29, 0.717) is 0 Å². The lowest BCUT2D eigenvalue weighted by molar-refractivity contribution is -0.847. The summed E-state index contributed by atoms with van der Waals surface area (Å²) >= 11 is 0. The molecule has 46 valence electrons. The maximum Gasteiger partial charge on any atom is 0.149 e. The first-order valence-electron chi connectivity index (χ1n) is 3.51. The molecule has 0 aromatic rings. The highest BCUT2D eigenvalue weighted by atomic mass is 15.6. The van der Waals surface area contributed by atoms with Gasteiger partial charge < -0.3 is 4.48 Å². The number of hydrogen-bond donors (Lipinski definition) is 0. The highest BCUT2D eigenvalue weighted by Crippen LogP contribution is 2.52. The van der Waals surface area contributed by atoms with Crippen molar-refractivity contribution in [1.29, 1.82) is 0 Å². The number of likely N-dealkylation sites (N-methyl/N-ethyl adjacent to an activating group) is 1. The Morgan fingerprint density at radius 2 is 2.00 bits per heavy atom. The second-order valence-electron chi connectivity index (χ2n) is 3.74. The molecule has 4 atom stereocenters. The van der Waals surface area contributed by atoms with Crippen molar-refractivity contribution < 1.29 is 4.48 Å². The molecular weight excluding hydrogens is 98.1 g/mol. The van der Waals surface area contributed by atoms with Gasteiger partial charge in [0.25, 0.3) is 0 Å². The first-order chi connectivity index (χ1) is 3.66. The van der Waals surface area contributed by atoms with Crippen LogP contribution in [0.1, 0.15) is 13.8 Å². The van der Waals surface area contributed by atoms with Crippen molar-refractivity contribution in [2.24, 2.45) is 5.92 Å². The van der Waals surface area contributed by atoms with Gasteiger partial charge in [-0.1, -0.05) is 6.92 Å². The van der Waals surface area contributed by atoms with Crippen molar-refractivity contribution in [2.75, 3.05) is 13.6 Å². The van der Waals surface area contributed by atoms with Gasteiger partial charge in [0.15, 0.2) is 0 Å². The molecule has 0 bridgehead atoms. The Kier molecular flexibility index (Phi) is 0.583. The van der Waals surface area contributed by atoms with E-state index in [0.717, 1.165) is 18.0 Å². The van der Waals surface area contributed by atoms with E-state index in [2.05, 4.69) is 20.9 Å². The second kappa shape index (κ2) is 0.971. The Morgan fingerprint density at radius 1 is 1.38 bits per heavy atom. The summed E-state index contributed by atoms with van der Waals surface area (Å²) in [6.07, 6.45) is 0. The molecule has 0 aromatic carbocycles. The Bertz CT molecular complexity index is 132. The Labute approximate surface area is 50.9 Å². The average Bonchev–Trinajstić information content (AvgIpc) is 2.03. The number of nitrogens with zero attached hydrogens (tertiary/aromatic N) is 1. The van der Waals surface area contributed by atoms with Crippen LogP contribution in [0.25, 0.3) is 0 Å². The zero-order chi connectivity index (χ0) is 5.94. The van der Waals surface area contributed by atoms with Gasteiger partial charge in [0, 0.05) is 0 Å². The summed E-state index contributed by atoms with van der Waals surface area (Å²) in [6.45, 7) is 6.17. The fourth-order valence-electron chi connectivity index (χ4n) is 2.67. The standard InChI is InChI=1S/C7H14N/c1-5-4-8(3)6(2)7(5)8/h5-7H,4H2,1-3H3/q+1. The molecule has 0 spiro atoms. The fourth-order valence-corrected chi connectivity index (χ4v) is 2.67. The predicted molar refractivity (Wildman–Crippen MR) is 33.5 cm³/mol. The van der Waals surface area contributed by atoms with Crippen LogP contribution in [0.5, 0.6) is 0 Å². The van der Waals surface area contributed by atoms with Crippen molar-refractivity contribution in [1.82, 2.24) is 0 Å². The molecule has 2 fully saturated rings. The van der Waals surface area contributed by atoms with Crippen molar-refractivity contribution in [3.05, 3.63) is 0 Å². The van der Waals surface area contributed by atoms with Gasteiger partial charge in [0.05, 0.1) is 19.5 Å². The summed E-state index contributed by atoms with van der Waals surface area (Å²) in [4.78, 5) is 0. The zero-order valence-electron chi connectivity index (χ0n) is 5.89. The van der Waals surface area contributed by atoms with Gasteiger partial charge in [-0.25, -0.2) is 0 Å². The Hall–Kier alpha value is -0.0400. The SMILES string of the molecule is CC1C[N+]2(C)C(C)C12. The third-order valence-corrected chi connectivity index (χ3v) is 3.28. The number of quaternary nitrogens is 1. The minimum atomic E-state index is 0.991. The fraction of sp³-hybridized carbons (Fsp3) is 1.00. The molecule has 8 heavy (non-hydrogen) atoms. The Balaban J connectivity index is 2.14. The van der Waals surface area contributed by atoms with Gasteiger partial charge in [-0.3, -0.25) is 0 Å². The highest BCUT2D eigenvalue weighted by molar-refractivity contribution is 4.96. The minimum absolute atomic E-state index is 0.991. The lowest BCUT2D eigenvalue weighted by atomic mass is 10.0. The second-order valence-corrected chi connectivity index (χ2v) is 3.74. The summed E-state index contributed by atoms with van der Waals surface area (Å²) < 4.78 is 1.39. The van der Waals surface area contributed by atoms with Crippen LogP contribution in [-0.4, -0.2) is 30.2 Å². The molecule has 0 radical (unpaired) electrons. The Morgan fingerprint density at radius 3 is 2.00 bits per heavy atom. The van der Waals surface area contributed by atoms with Gasteiger partial charge in [-0.05, 0) is 6.92 Å². The molecule has 1 nitrogen and oxygen atoms in total. The summed E-state index contributed by atoms with van der Waals surface area (Å²) in [5.41, 5.74) is 0. The molecule has 0 saturated carbocycles. The summed E-state index contributed by atoms with van der Waals surface area (Å²) in [7, 11) is 2.37. The maximum absolute atomic E-state index is 2.37. The monoisotopic (exact) mass is 112 g/mol. The van der Waals surface area contributed by atoms with Gasteiger partial charge in [-0.15, -0.1) is 0 Å². The van der Waals surface area contributed by atoms with Gasteiger partial charge in [-0.2, -0.15) is 0 Å². The van der Waals surface area contributed by atoms with Crippen LogP contribution in [0.2, 0.25) is 0 Å². The third kappa shape index (κ3) is 0.278. The first-order valence-corrected chi connectivity index (χ1v) is 3.51. The molecule has 1 heteroatoms. The van der Waals surface area contributed by atoms with E-state index < -0.39 is 0 Å². The van der Waals surface area contributed by atoms with E-state index in [4.69, 9.17) is 0 Å². The summed E-state index contributed by atoms with van der Waals surface area (Å²) in [6, 6.07) is 2.04. The number of rotatable bonds is 0.